The maximum absolute atomic E-state index is 12.6. The number of methoxy groups -OCH3 is 2. The molecule has 1 aliphatic rings. The summed E-state index contributed by atoms with van der Waals surface area (Å²) in [6, 6.07) is 11.0. The molecule has 1 heterocycles. The molecule has 1 N–H and O–H groups in total. The summed E-state index contributed by atoms with van der Waals surface area (Å²) in [5.74, 6) is 1.37. The number of amides is 1. The predicted octanol–water partition coefficient (Wildman–Crippen LogP) is 2.29. The van der Waals surface area contributed by atoms with Gasteiger partial charge in [-0.15, -0.1) is 0 Å². The molecular weight excluding hydrogens is 420 g/mol. The Morgan fingerprint density at radius 1 is 1.16 bits per heavy atom. The van der Waals surface area contributed by atoms with Crippen molar-refractivity contribution in [3.8, 4) is 17.2 Å². The van der Waals surface area contributed by atoms with Crippen LogP contribution in [0.2, 0.25) is 0 Å². The number of benzene rings is 2. The minimum absolute atomic E-state index is 0.0587. The van der Waals surface area contributed by atoms with E-state index in [9.17, 15) is 13.2 Å². The van der Waals surface area contributed by atoms with Crippen molar-refractivity contribution < 1.29 is 27.4 Å². The molecule has 2 aromatic rings. The molecule has 0 fully saturated rings. The Balaban J connectivity index is 1.59. The van der Waals surface area contributed by atoms with Gasteiger partial charge < -0.3 is 19.5 Å². The monoisotopic (exact) mass is 448 g/mol. The average Bonchev–Trinajstić information content (AvgIpc) is 2.74. The normalized spacial score (nSPS) is 15.6. The number of fused-ring (bicyclic) bond motifs is 1. The molecule has 0 spiro atoms. The van der Waals surface area contributed by atoms with Crippen LogP contribution in [0.25, 0.3) is 0 Å². The van der Waals surface area contributed by atoms with E-state index in [1.807, 2.05) is 31.2 Å². The molecule has 1 atom stereocenters. The number of carbonyl (C=O) groups is 1. The third kappa shape index (κ3) is 5.41. The summed E-state index contributed by atoms with van der Waals surface area (Å²) >= 11 is 0. The molecule has 1 aliphatic heterocycles. The summed E-state index contributed by atoms with van der Waals surface area (Å²) in [6.07, 6.45) is 1.66. The Hall–Kier alpha value is -2.94. The van der Waals surface area contributed by atoms with Gasteiger partial charge in [-0.05, 0) is 55.2 Å². The Morgan fingerprint density at radius 2 is 1.90 bits per heavy atom. The summed E-state index contributed by atoms with van der Waals surface area (Å²) in [6.45, 7) is 2.25. The number of carbonyl (C=O) groups excluding carboxylic acids is 1. The van der Waals surface area contributed by atoms with E-state index in [0.717, 1.165) is 23.8 Å². The largest absolute Gasteiger partial charge is 0.493 e. The molecule has 8 nitrogen and oxygen atoms in total. The first kappa shape index (κ1) is 22.7. The van der Waals surface area contributed by atoms with Crippen LogP contribution in [0.4, 0.5) is 5.69 Å². The van der Waals surface area contributed by atoms with Crippen LogP contribution < -0.4 is 23.8 Å². The fourth-order valence-corrected chi connectivity index (χ4v) is 4.37. The Labute approximate surface area is 183 Å². The molecule has 31 heavy (non-hydrogen) atoms. The Kier molecular flexibility index (Phi) is 6.94. The van der Waals surface area contributed by atoms with Crippen molar-refractivity contribution in [2.75, 3.05) is 37.9 Å². The summed E-state index contributed by atoms with van der Waals surface area (Å²) < 4.78 is 42.1. The first-order chi connectivity index (χ1) is 14.7. The van der Waals surface area contributed by atoms with Crippen molar-refractivity contribution in [1.82, 2.24) is 5.32 Å². The molecule has 0 saturated heterocycles. The van der Waals surface area contributed by atoms with Gasteiger partial charge in [0.25, 0.3) is 5.91 Å². The van der Waals surface area contributed by atoms with Gasteiger partial charge in [0.1, 0.15) is 5.75 Å². The number of hydrogen-bond donors (Lipinski definition) is 1. The number of sulfonamides is 1. The van der Waals surface area contributed by atoms with Crippen LogP contribution in [0.3, 0.4) is 0 Å². The van der Waals surface area contributed by atoms with Crippen molar-refractivity contribution in [3.05, 3.63) is 47.5 Å². The van der Waals surface area contributed by atoms with Crippen molar-refractivity contribution in [2.45, 2.75) is 25.9 Å². The number of ether oxygens (including phenoxy) is 3. The molecule has 3 rings (SSSR count). The standard InChI is InChI=1S/C22H28N2O6S/c1-15-7-9-18-17(12-15)24(31(4,26)27)14-21(30-18)22(25)23-11-5-6-16-8-10-19(28-2)20(13-16)29-3/h7-10,12-13,21H,5-6,11,14H2,1-4H3,(H,23,25)/t21-/m0/s1. The lowest BCUT2D eigenvalue weighted by molar-refractivity contribution is -0.127. The summed E-state index contributed by atoms with van der Waals surface area (Å²) in [5.41, 5.74) is 2.43. The van der Waals surface area contributed by atoms with Crippen molar-refractivity contribution in [1.29, 1.82) is 0 Å². The molecule has 2 aromatic carbocycles. The van der Waals surface area contributed by atoms with E-state index in [2.05, 4.69) is 5.32 Å². The second kappa shape index (κ2) is 9.47. The molecule has 0 radical (unpaired) electrons. The predicted molar refractivity (Wildman–Crippen MR) is 119 cm³/mol. The maximum atomic E-state index is 12.6. The van der Waals surface area contributed by atoms with E-state index in [0.29, 0.717) is 35.9 Å². The first-order valence-electron chi connectivity index (χ1n) is 9.96. The number of anilines is 1. The highest BCUT2D eigenvalue weighted by Gasteiger charge is 2.34. The SMILES string of the molecule is COc1ccc(CCCNC(=O)[C@@H]2CN(S(C)(=O)=O)c3cc(C)ccc3O2)cc1OC. The highest BCUT2D eigenvalue weighted by Crippen LogP contribution is 2.35. The van der Waals surface area contributed by atoms with Gasteiger partial charge in [-0.25, -0.2) is 8.42 Å². The zero-order chi connectivity index (χ0) is 22.6. The van der Waals surface area contributed by atoms with Crippen LogP contribution in [-0.2, 0) is 21.2 Å². The van der Waals surface area contributed by atoms with Gasteiger partial charge in [-0.2, -0.15) is 0 Å². The van der Waals surface area contributed by atoms with Crippen molar-refractivity contribution in [2.24, 2.45) is 0 Å². The van der Waals surface area contributed by atoms with Crippen LogP contribution >= 0.6 is 0 Å². The lowest BCUT2D eigenvalue weighted by atomic mass is 10.1. The summed E-state index contributed by atoms with van der Waals surface area (Å²) in [7, 11) is -0.368. The Morgan fingerprint density at radius 3 is 2.58 bits per heavy atom. The number of nitrogens with one attached hydrogen (secondary N) is 1. The second-order valence-electron chi connectivity index (χ2n) is 7.46. The summed E-state index contributed by atoms with van der Waals surface area (Å²) in [4.78, 5) is 12.6. The van der Waals surface area contributed by atoms with E-state index in [4.69, 9.17) is 14.2 Å². The highest BCUT2D eigenvalue weighted by molar-refractivity contribution is 7.92. The van der Waals surface area contributed by atoms with Crippen LogP contribution in [0, 0.1) is 6.92 Å². The quantitative estimate of drug-likeness (QED) is 0.623. The molecular formula is C22H28N2O6S. The van der Waals surface area contributed by atoms with Gasteiger partial charge in [0, 0.05) is 6.54 Å². The topological polar surface area (TPSA) is 94.2 Å². The number of aryl methyl sites for hydroxylation is 2. The fourth-order valence-electron chi connectivity index (χ4n) is 3.47. The highest BCUT2D eigenvalue weighted by atomic mass is 32.2. The van der Waals surface area contributed by atoms with Gasteiger partial charge in [-0.3, -0.25) is 9.10 Å². The van der Waals surface area contributed by atoms with Gasteiger partial charge in [0.05, 0.1) is 32.7 Å². The van der Waals surface area contributed by atoms with E-state index in [1.165, 1.54) is 4.31 Å². The number of rotatable bonds is 8. The van der Waals surface area contributed by atoms with Crippen LogP contribution in [0.1, 0.15) is 17.5 Å². The molecule has 1 amide bonds. The lowest BCUT2D eigenvalue weighted by Gasteiger charge is -2.34. The molecule has 0 aromatic heterocycles. The maximum Gasteiger partial charge on any atom is 0.263 e. The average molecular weight is 449 g/mol. The fraction of sp³-hybridized carbons (Fsp3) is 0.409. The molecule has 0 aliphatic carbocycles. The lowest BCUT2D eigenvalue weighted by Crippen LogP contribution is -2.50. The minimum Gasteiger partial charge on any atom is -0.493 e. The zero-order valence-corrected chi connectivity index (χ0v) is 19.0. The second-order valence-corrected chi connectivity index (χ2v) is 9.36. The zero-order valence-electron chi connectivity index (χ0n) is 18.2. The van der Waals surface area contributed by atoms with E-state index in [1.54, 1.807) is 26.4 Å². The molecule has 0 bridgehead atoms. The van der Waals surface area contributed by atoms with Crippen LogP contribution in [0.5, 0.6) is 17.2 Å². The molecule has 0 unspecified atom stereocenters. The van der Waals surface area contributed by atoms with Crippen LogP contribution in [0.15, 0.2) is 36.4 Å². The van der Waals surface area contributed by atoms with Crippen molar-refractivity contribution in [3.63, 3.8) is 0 Å². The van der Waals surface area contributed by atoms with E-state index in [-0.39, 0.29) is 12.5 Å². The molecule has 168 valence electrons. The van der Waals surface area contributed by atoms with Gasteiger partial charge in [-0.1, -0.05) is 12.1 Å². The molecule has 0 saturated carbocycles. The first-order valence-corrected chi connectivity index (χ1v) is 11.8. The third-order valence-corrected chi connectivity index (χ3v) is 6.21. The van der Waals surface area contributed by atoms with Crippen LogP contribution in [-0.4, -0.2) is 54.0 Å². The van der Waals surface area contributed by atoms with E-state index < -0.39 is 16.1 Å². The molecule has 9 heteroatoms. The number of nitrogens with zero attached hydrogens (tertiary/aromatic N) is 1. The van der Waals surface area contributed by atoms with Gasteiger partial charge in [0.2, 0.25) is 10.0 Å². The smallest absolute Gasteiger partial charge is 0.263 e. The van der Waals surface area contributed by atoms with Gasteiger partial charge >= 0.3 is 0 Å². The number of hydrogen-bond acceptors (Lipinski definition) is 6. The van der Waals surface area contributed by atoms with E-state index >= 15 is 0 Å². The third-order valence-electron chi connectivity index (χ3n) is 5.07. The minimum atomic E-state index is -3.54. The summed E-state index contributed by atoms with van der Waals surface area (Å²) in [5, 5.41) is 2.85. The van der Waals surface area contributed by atoms with Crippen molar-refractivity contribution >= 4 is 21.6 Å². The Bertz CT molecular complexity index is 1050. The van der Waals surface area contributed by atoms with Gasteiger partial charge in [0.15, 0.2) is 17.6 Å².